The number of aliphatic hydroxyl groups excluding tert-OH is 1. The fourth-order valence-electron chi connectivity index (χ4n) is 3.08. The summed E-state index contributed by atoms with van der Waals surface area (Å²) in [5.74, 6) is -0.00688. The van der Waals surface area contributed by atoms with Crippen molar-refractivity contribution in [2.24, 2.45) is 5.92 Å². The summed E-state index contributed by atoms with van der Waals surface area (Å²) in [5, 5.41) is 9.81. The van der Waals surface area contributed by atoms with Crippen LogP contribution >= 0.6 is 0 Å². The number of hydrogen-bond acceptors (Lipinski definition) is 2. The molecule has 2 heterocycles. The van der Waals surface area contributed by atoms with Gasteiger partial charge >= 0.3 is 0 Å². The van der Waals surface area contributed by atoms with E-state index in [1.165, 1.54) is 5.56 Å². The van der Waals surface area contributed by atoms with Crippen molar-refractivity contribution in [3.05, 3.63) is 35.9 Å². The highest BCUT2D eigenvalue weighted by molar-refractivity contribution is 5.81. The van der Waals surface area contributed by atoms with Crippen LogP contribution in [0, 0.1) is 5.92 Å². The first-order valence-corrected chi connectivity index (χ1v) is 6.28. The maximum Gasteiger partial charge on any atom is 0.228 e. The summed E-state index contributed by atoms with van der Waals surface area (Å²) in [7, 11) is 0. The predicted octanol–water partition coefficient (Wildman–Crippen LogP) is 1.56. The van der Waals surface area contributed by atoms with E-state index in [2.05, 4.69) is 0 Å². The molecular formula is C14H17NO2. The van der Waals surface area contributed by atoms with Crippen LogP contribution in [0.1, 0.15) is 24.8 Å². The van der Waals surface area contributed by atoms with Gasteiger partial charge in [0.25, 0.3) is 0 Å². The molecule has 0 spiro atoms. The van der Waals surface area contributed by atoms with Gasteiger partial charge in [-0.15, -0.1) is 0 Å². The summed E-state index contributed by atoms with van der Waals surface area (Å²) in [6.07, 6.45) is 2.24. The van der Waals surface area contributed by atoms with Crippen LogP contribution in [0.3, 0.4) is 0 Å². The molecule has 2 saturated heterocycles. The Kier molecular flexibility index (Phi) is 2.63. The van der Waals surface area contributed by atoms with Gasteiger partial charge < -0.3 is 10.0 Å². The van der Waals surface area contributed by atoms with E-state index in [9.17, 15) is 9.90 Å². The van der Waals surface area contributed by atoms with Crippen molar-refractivity contribution in [3.63, 3.8) is 0 Å². The first kappa shape index (κ1) is 10.8. The van der Waals surface area contributed by atoms with Crippen LogP contribution in [0.5, 0.6) is 0 Å². The Morgan fingerprint density at radius 2 is 2.00 bits per heavy atom. The summed E-state index contributed by atoms with van der Waals surface area (Å²) in [6, 6.07) is 10.3. The summed E-state index contributed by atoms with van der Waals surface area (Å²) in [4.78, 5) is 14.1. The maximum atomic E-state index is 12.2. The smallest absolute Gasteiger partial charge is 0.228 e. The van der Waals surface area contributed by atoms with Crippen LogP contribution in [0.25, 0.3) is 0 Å². The molecule has 4 rings (SSSR count). The number of hydrogen-bond donors (Lipinski definition) is 1. The molecule has 3 aliphatic rings. The quantitative estimate of drug-likeness (QED) is 0.839. The fraction of sp³-hybridized carbons (Fsp3) is 0.500. The molecule has 1 aromatic rings. The Labute approximate surface area is 101 Å². The first-order valence-electron chi connectivity index (χ1n) is 6.28. The van der Waals surface area contributed by atoms with Gasteiger partial charge in [-0.2, -0.15) is 0 Å². The molecule has 3 nitrogen and oxygen atoms in total. The van der Waals surface area contributed by atoms with Crippen LogP contribution in [0.15, 0.2) is 30.3 Å². The summed E-state index contributed by atoms with van der Waals surface area (Å²) in [6.45, 7) is 0.688. The van der Waals surface area contributed by atoms with E-state index >= 15 is 0 Å². The molecule has 1 N–H and O–H groups in total. The molecule has 0 aromatic heterocycles. The van der Waals surface area contributed by atoms with Gasteiger partial charge in [0.15, 0.2) is 0 Å². The monoisotopic (exact) mass is 231 g/mol. The third-order valence-corrected chi connectivity index (χ3v) is 4.03. The minimum absolute atomic E-state index is 0.142. The van der Waals surface area contributed by atoms with Gasteiger partial charge in [0, 0.05) is 12.6 Å². The van der Waals surface area contributed by atoms with E-state index in [-0.39, 0.29) is 17.9 Å². The number of benzene rings is 1. The number of nitrogens with zero attached hydrogens (tertiary/aromatic N) is 1. The second kappa shape index (κ2) is 4.15. The van der Waals surface area contributed by atoms with E-state index in [0.717, 1.165) is 19.3 Å². The summed E-state index contributed by atoms with van der Waals surface area (Å²) in [5.41, 5.74) is 1.17. The Morgan fingerprint density at radius 3 is 2.65 bits per heavy atom. The standard InChI is InChI=1S/C14H17NO2/c16-13-8-11-6-7-12(13)14(17)15(11)9-10-4-2-1-3-5-10/h1-5,11-13,16H,6-9H2/t11-,12+,13-/m1/s1. The third-order valence-electron chi connectivity index (χ3n) is 4.03. The van der Waals surface area contributed by atoms with Crippen molar-refractivity contribution in [1.82, 2.24) is 4.90 Å². The lowest BCUT2D eigenvalue weighted by Gasteiger charge is -2.47. The molecule has 3 heteroatoms. The van der Waals surface area contributed by atoms with Gasteiger partial charge in [-0.05, 0) is 24.8 Å². The van der Waals surface area contributed by atoms with Crippen molar-refractivity contribution in [2.45, 2.75) is 38.0 Å². The number of carbonyl (C=O) groups is 1. The average molecular weight is 231 g/mol. The Balaban J connectivity index is 1.78. The number of aliphatic hydroxyl groups is 1. The van der Waals surface area contributed by atoms with Gasteiger partial charge in [0.1, 0.15) is 0 Å². The highest BCUT2D eigenvalue weighted by Gasteiger charge is 2.45. The van der Waals surface area contributed by atoms with Crippen LogP contribution in [0.2, 0.25) is 0 Å². The van der Waals surface area contributed by atoms with Crippen LogP contribution in [-0.4, -0.2) is 28.1 Å². The number of carbonyl (C=O) groups excluding carboxylic acids is 1. The molecule has 2 aliphatic heterocycles. The minimum atomic E-state index is -0.409. The van der Waals surface area contributed by atoms with E-state index in [1.54, 1.807) is 0 Å². The van der Waals surface area contributed by atoms with Crippen molar-refractivity contribution < 1.29 is 9.90 Å². The number of amides is 1. The normalized spacial score (nSPS) is 31.9. The first-order chi connectivity index (χ1) is 8.25. The summed E-state index contributed by atoms with van der Waals surface area (Å²) < 4.78 is 0. The molecule has 3 fully saturated rings. The highest BCUT2D eigenvalue weighted by Crippen LogP contribution is 2.36. The largest absolute Gasteiger partial charge is 0.392 e. The van der Waals surface area contributed by atoms with Crippen LogP contribution in [-0.2, 0) is 11.3 Å². The zero-order valence-corrected chi connectivity index (χ0v) is 9.75. The van der Waals surface area contributed by atoms with E-state index < -0.39 is 6.10 Å². The molecule has 1 aromatic carbocycles. The second-order valence-electron chi connectivity index (χ2n) is 5.09. The molecule has 17 heavy (non-hydrogen) atoms. The molecule has 1 amide bonds. The van der Waals surface area contributed by atoms with Gasteiger partial charge in [0.2, 0.25) is 5.91 Å². The molecule has 0 unspecified atom stereocenters. The van der Waals surface area contributed by atoms with Gasteiger partial charge in [-0.25, -0.2) is 0 Å². The van der Waals surface area contributed by atoms with Gasteiger partial charge in [-0.3, -0.25) is 4.79 Å². The molecule has 0 radical (unpaired) electrons. The van der Waals surface area contributed by atoms with Crippen molar-refractivity contribution >= 4 is 5.91 Å². The third kappa shape index (κ3) is 1.84. The lowest BCUT2D eigenvalue weighted by molar-refractivity contribution is -0.157. The van der Waals surface area contributed by atoms with Crippen molar-refractivity contribution in [3.8, 4) is 0 Å². The Bertz CT molecular complexity index is 417. The molecule has 3 atom stereocenters. The van der Waals surface area contributed by atoms with Crippen LogP contribution < -0.4 is 0 Å². The van der Waals surface area contributed by atoms with Crippen LogP contribution in [0.4, 0.5) is 0 Å². The maximum absolute atomic E-state index is 12.2. The fourth-order valence-corrected chi connectivity index (χ4v) is 3.08. The van der Waals surface area contributed by atoms with E-state index in [1.807, 2.05) is 35.2 Å². The Morgan fingerprint density at radius 1 is 1.24 bits per heavy atom. The predicted molar refractivity (Wildman–Crippen MR) is 64.1 cm³/mol. The molecule has 1 aliphatic carbocycles. The van der Waals surface area contributed by atoms with E-state index in [0.29, 0.717) is 6.54 Å². The lowest BCUT2D eigenvalue weighted by atomic mass is 9.77. The minimum Gasteiger partial charge on any atom is -0.392 e. The number of fused-ring (bicyclic) bond motifs is 3. The molecular weight excluding hydrogens is 214 g/mol. The van der Waals surface area contributed by atoms with Gasteiger partial charge in [-0.1, -0.05) is 30.3 Å². The second-order valence-corrected chi connectivity index (χ2v) is 5.09. The summed E-state index contributed by atoms with van der Waals surface area (Å²) >= 11 is 0. The van der Waals surface area contributed by atoms with Crippen molar-refractivity contribution in [1.29, 1.82) is 0 Å². The molecule has 1 saturated carbocycles. The molecule has 90 valence electrons. The zero-order chi connectivity index (χ0) is 11.8. The lowest BCUT2D eigenvalue weighted by Crippen LogP contribution is -2.57. The zero-order valence-electron chi connectivity index (χ0n) is 9.75. The Hall–Kier alpha value is -1.35. The topological polar surface area (TPSA) is 40.5 Å². The number of piperidine rings is 2. The van der Waals surface area contributed by atoms with Gasteiger partial charge in [0.05, 0.1) is 12.0 Å². The highest BCUT2D eigenvalue weighted by atomic mass is 16.3. The SMILES string of the molecule is O=C1[C@H]2CC[C@H](C[C@H]2O)N1Cc1ccccc1. The van der Waals surface area contributed by atoms with E-state index in [4.69, 9.17) is 0 Å². The molecule has 2 bridgehead atoms. The van der Waals surface area contributed by atoms with Crippen molar-refractivity contribution in [2.75, 3.05) is 0 Å². The number of rotatable bonds is 2. The average Bonchev–Trinajstić information content (AvgIpc) is 2.35.